The van der Waals surface area contributed by atoms with Crippen molar-refractivity contribution in [2.24, 2.45) is 5.92 Å². The van der Waals surface area contributed by atoms with E-state index in [0.717, 1.165) is 73.6 Å². The van der Waals surface area contributed by atoms with E-state index in [1.165, 1.54) is 5.56 Å². The highest BCUT2D eigenvalue weighted by Gasteiger charge is 2.27. The number of hydrogen-bond donors (Lipinski definition) is 1. The molecule has 0 saturated carbocycles. The van der Waals surface area contributed by atoms with E-state index in [0.29, 0.717) is 5.02 Å². The number of hydrogen-bond acceptors (Lipinski definition) is 4. The first-order chi connectivity index (χ1) is 15.8. The van der Waals surface area contributed by atoms with Crippen LogP contribution in [0.4, 0.5) is 5.69 Å². The zero-order valence-electron chi connectivity index (χ0n) is 20.1. The highest BCUT2D eigenvalue weighted by molar-refractivity contribution is 6.33. The van der Waals surface area contributed by atoms with Gasteiger partial charge < -0.3 is 19.7 Å². The molecule has 1 saturated heterocycles. The maximum atomic E-state index is 12.9. The highest BCUT2D eigenvalue weighted by atomic mass is 35.5. The van der Waals surface area contributed by atoms with Crippen LogP contribution in [0.25, 0.3) is 22.4 Å². The van der Waals surface area contributed by atoms with E-state index in [2.05, 4.69) is 60.1 Å². The van der Waals surface area contributed by atoms with Gasteiger partial charge in [-0.25, -0.2) is 4.98 Å². The van der Waals surface area contributed by atoms with E-state index in [-0.39, 0.29) is 11.8 Å². The van der Waals surface area contributed by atoms with Crippen molar-refractivity contribution in [3.63, 3.8) is 0 Å². The molecule has 6 nitrogen and oxygen atoms in total. The van der Waals surface area contributed by atoms with Crippen LogP contribution in [0.2, 0.25) is 5.02 Å². The molecule has 2 heterocycles. The van der Waals surface area contributed by atoms with Crippen LogP contribution >= 0.6 is 11.6 Å². The Morgan fingerprint density at radius 2 is 1.88 bits per heavy atom. The molecule has 3 aromatic rings. The lowest BCUT2D eigenvalue weighted by atomic mass is 9.94. The number of halogens is 1. The van der Waals surface area contributed by atoms with Gasteiger partial charge in [0.2, 0.25) is 5.91 Å². The fourth-order valence-electron chi connectivity index (χ4n) is 4.57. The molecule has 1 aliphatic heterocycles. The van der Waals surface area contributed by atoms with Crippen molar-refractivity contribution < 1.29 is 4.79 Å². The van der Waals surface area contributed by atoms with E-state index in [1.54, 1.807) is 0 Å². The Hall–Kier alpha value is -2.57. The number of aryl methyl sites for hydroxylation is 1. The molecule has 1 fully saturated rings. The van der Waals surface area contributed by atoms with Crippen molar-refractivity contribution in [1.29, 1.82) is 0 Å². The van der Waals surface area contributed by atoms with Gasteiger partial charge in [0.15, 0.2) is 0 Å². The Morgan fingerprint density at radius 3 is 2.61 bits per heavy atom. The molecule has 1 aromatic heterocycles. The summed E-state index contributed by atoms with van der Waals surface area (Å²) in [6.45, 7) is 5.61. The molecule has 0 bridgehead atoms. The maximum absolute atomic E-state index is 12.9. The van der Waals surface area contributed by atoms with Crippen LogP contribution in [-0.2, 0) is 4.79 Å². The third kappa shape index (κ3) is 5.50. The maximum Gasteiger partial charge on any atom is 0.225 e. The summed E-state index contributed by atoms with van der Waals surface area (Å²) in [7, 11) is 6.06. The first kappa shape index (κ1) is 23.6. The molecule has 0 atom stereocenters. The number of rotatable bonds is 7. The molecule has 1 amide bonds. The highest BCUT2D eigenvalue weighted by Crippen LogP contribution is 2.33. The molecule has 0 unspecified atom stereocenters. The Bertz CT molecular complexity index is 1120. The van der Waals surface area contributed by atoms with Crippen molar-refractivity contribution in [3.05, 3.63) is 47.0 Å². The van der Waals surface area contributed by atoms with Gasteiger partial charge in [-0.15, -0.1) is 0 Å². The first-order valence-corrected chi connectivity index (χ1v) is 12.1. The van der Waals surface area contributed by atoms with Crippen LogP contribution in [0.3, 0.4) is 0 Å². The normalized spacial score (nSPS) is 14.9. The fourth-order valence-corrected chi connectivity index (χ4v) is 4.78. The minimum absolute atomic E-state index is 0.107. The second-order valence-electron chi connectivity index (χ2n) is 9.45. The van der Waals surface area contributed by atoms with E-state index in [9.17, 15) is 4.79 Å². The molecule has 176 valence electrons. The smallest absolute Gasteiger partial charge is 0.225 e. The standard InChI is InChI=1S/C26H34ClN5O/c1-18-6-9-23-24(16-18)29-25(28-23)21-17-20(7-8-22(21)27)32-14-10-19(11-15-32)26(33)31(4)13-5-12-30(2)3/h6-9,16-17,19H,5,10-15H2,1-4H3,(H,28,29). The lowest BCUT2D eigenvalue weighted by molar-refractivity contribution is -0.134. The molecule has 0 aliphatic carbocycles. The molecular weight excluding hydrogens is 434 g/mol. The number of benzene rings is 2. The summed E-state index contributed by atoms with van der Waals surface area (Å²) < 4.78 is 0. The van der Waals surface area contributed by atoms with Crippen molar-refractivity contribution >= 4 is 34.2 Å². The number of carbonyl (C=O) groups excluding carboxylic acids is 1. The number of imidazole rings is 1. The van der Waals surface area contributed by atoms with Crippen LogP contribution in [0.5, 0.6) is 0 Å². The number of amides is 1. The molecule has 4 rings (SSSR count). The van der Waals surface area contributed by atoms with Crippen molar-refractivity contribution in [1.82, 2.24) is 19.8 Å². The van der Waals surface area contributed by atoms with E-state index in [1.807, 2.05) is 24.1 Å². The largest absolute Gasteiger partial charge is 0.371 e. The number of aromatic nitrogens is 2. The Labute approximate surface area is 201 Å². The van der Waals surface area contributed by atoms with Crippen LogP contribution in [0.1, 0.15) is 24.8 Å². The minimum atomic E-state index is 0.107. The van der Waals surface area contributed by atoms with Crippen molar-refractivity contribution in [2.75, 3.05) is 52.2 Å². The lowest BCUT2D eigenvalue weighted by Crippen LogP contribution is -2.41. The quantitative estimate of drug-likeness (QED) is 0.541. The topological polar surface area (TPSA) is 55.5 Å². The van der Waals surface area contributed by atoms with Crippen molar-refractivity contribution in [3.8, 4) is 11.4 Å². The zero-order valence-corrected chi connectivity index (χ0v) is 20.8. The predicted octanol–water partition coefficient (Wildman–Crippen LogP) is 4.82. The summed E-state index contributed by atoms with van der Waals surface area (Å²) >= 11 is 6.56. The summed E-state index contributed by atoms with van der Waals surface area (Å²) in [5.74, 6) is 1.17. The fraction of sp³-hybridized carbons (Fsp3) is 0.462. The second kappa shape index (κ2) is 10.1. The first-order valence-electron chi connectivity index (χ1n) is 11.7. The SMILES string of the molecule is Cc1ccc2nc(-c3cc(N4CCC(C(=O)N(C)CCCN(C)C)CC4)ccc3Cl)[nH]c2c1. The van der Waals surface area contributed by atoms with Gasteiger partial charge in [-0.05, 0) is 82.7 Å². The third-order valence-corrected chi connectivity index (χ3v) is 6.86. The number of nitrogens with zero attached hydrogens (tertiary/aromatic N) is 4. The second-order valence-corrected chi connectivity index (χ2v) is 9.86. The van der Waals surface area contributed by atoms with Gasteiger partial charge in [0, 0.05) is 43.9 Å². The summed E-state index contributed by atoms with van der Waals surface area (Å²) in [5.41, 5.74) is 5.17. The van der Waals surface area contributed by atoms with Gasteiger partial charge in [0.1, 0.15) is 5.82 Å². The van der Waals surface area contributed by atoms with Crippen LogP contribution in [0, 0.1) is 12.8 Å². The number of piperidine rings is 1. The Kier molecular flexibility index (Phi) is 7.25. The Balaban J connectivity index is 1.42. The van der Waals surface area contributed by atoms with Crippen molar-refractivity contribution in [2.45, 2.75) is 26.2 Å². The number of carbonyl (C=O) groups is 1. The van der Waals surface area contributed by atoms with Crippen LogP contribution < -0.4 is 4.90 Å². The Morgan fingerprint density at radius 1 is 1.12 bits per heavy atom. The molecule has 2 aromatic carbocycles. The molecule has 1 aliphatic rings. The van der Waals surface area contributed by atoms with Gasteiger partial charge >= 0.3 is 0 Å². The van der Waals surface area contributed by atoms with Gasteiger partial charge in [-0.2, -0.15) is 0 Å². The van der Waals surface area contributed by atoms with E-state index < -0.39 is 0 Å². The molecule has 1 N–H and O–H groups in total. The van der Waals surface area contributed by atoms with E-state index in [4.69, 9.17) is 16.6 Å². The molecule has 0 radical (unpaired) electrons. The zero-order chi connectivity index (χ0) is 23.5. The predicted molar refractivity (Wildman–Crippen MR) is 137 cm³/mol. The van der Waals surface area contributed by atoms with Gasteiger partial charge in [0.25, 0.3) is 0 Å². The number of H-pyrrole nitrogens is 1. The van der Waals surface area contributed by atoms with Gasteiger partial charge in [-0.3, -0.25) is 4.79 Å². The summed E-state index contributed by atoms with van der Waals surface area (Å²) in [6.07, 6.45) is 2.75. The van der Waals surface area contributed by atoms with Gasteiger partial charge in [0.05, 0.1) is 16.1 Å². The number of nitrogens with one attached hydrogen (secondary N) is 1. The number of anilines is 1. The minimum Gasteiger partial charge on any atom is -0.371 e. The van der Waals surface area contributed by atoms with Gasteiger partial charge in [-0.1, -0.05) is 17.7 Å². The van der Waals surface area contributed by atoms with E-state index >= 15 is 0 Å². The number of fused-ring (bicyclic) bond motifs is 1. The lowest BCUT2D eigenvalue weighted by Gasteiger charge is -2.35. The summed E-state index contributed by atoms with van der Waals surface area (Å²) in [4.78, 5) is 27.5. The summed E-state index contributed by atoms with van der Waals surface area (Å²) in [6, 6.07) is 12.3. The monoisotopic (exact) mass is 467 g/mol. The third-order valence-electron chi connectivity index (χ3n) is 6.53. The molecular formula is C26H34ClN5O. The summed E-state index contributed by atoms with van der Waals surface area (Å²) in [5, 5.41) is 0.680. The van der Waals surface area contributed by atoms with Crippen LogP contribution in [-0.4, -0.2) is 73.0 Å². The average Bonchev–Trinajstić information content (AvgIpc) is 3.21. The molecule has 33 heavy (non-hydrogen) atoms. The number of aromatic amines is 1. The molecule has 7 heteroatoms. The molecule has 0 spiro atoms. The average molecular weight is 468 g/mol. The van der Waals surface area contributed by atoms with Crippen LogP contribution in [0.15, 0.2) is 36.4 Å².